The van der Waals surface area contributed by atoms with Crippen LogP contribution in [0.3, 0.4) is 0 Å². The minimum absolute atomic E-state index is 0.0398. The Morgan fingerprint density at radius 2 is 0.887 bits per heavy atom. The van der Waals surface area contributed by atoms with Crippen LogP contribution in [-0.2, 0) is 32.7 Å². The molecule has 0 aliphatic rings. The molecule has 9 nitrogen and oxygen atoms in total. The molecular weight excluding hydrogens is 798 g/mol. The van der Waals surface area contributed by atoms with E-state index in [-0.39, 0.29) is 26.1 Å². The average Bonchev–Trinajstić information content (AvgIpc) is 3.23. The Kier molecular flexibility index (Phi) is 43.2. The highest BCUT2D eigenvalue weighted by Crippen LogP contribution is 2.38. The molecule has 0 heterocycles. The van der Waals surface area contributed by atoms with Gasteiger partial charge in [0.15, 0.2) is 6.10 Å². The number of nitrogens with zero attached hydrogens (tertiary/aromatic N) is 1. The Hall–Kier alpha value is -1.77. The van der Waals surface area contributed by atoms with Crippen molar-refractivity contribution in [2.24, 2.45) is 0 Å². The third-order valence-electron chi connectivity index (χ3n) is 11.1. The Balaban J connectivity index is 4.28. The summed E-state index contributed by atoms with van der Waals surface area (Å²) in [5.74, 6) is -0.903. The van der Waals surface area contributed by atoms with Crippen LogP contribution < -0.4 is 4.89 Å². The van der Waals surface area contributed by atoms with Crippen molar-refractivity contribution in [1.29, 1.82) is 0 Å². The van der Waals surface area contributed by atoms with E-state index in [4.69, 9.17) is 18.5 Å². The fourth-order valence-electron chi connectivity index (χ4n) is 7.10. The predicted molar refractivity (Wildman–Crippen MR) is 259 cm³/mol. The van der Waals surface area contributed by atoms with E-state index in [0.29, 0.717) is 23.9 Å². The van der Waals surface area contributed by atoms with Crippen LogP contribution >= 0.6 is 7.82 Å². The molecule has 0 aliphatic carbocycles. The van der Waals surface area contributed by atoms with Crippen molar-refractivity contribution in [2.45, 2.75) is 238 Å². The van der Waals surface area contributed by atoms with Crippen molar-refractivity contribution in [3.8, 4) is 0 Å². The van der Waals surface area contributed by atoms with E-state index in [1.165, 1.54) is 154 Å². The van der Waals surface area contributed by atoms with Crippen molar-refractivity contribution >= 4 is 19.8 Å². The Morgan fingerprint density at radius 1 is 0.500 bits per heavy atom. The highest BCUT2D eigenvalue weighted by atomic mass is 31.2. The van der Waals surface area contributed by atoms with Gasteiger partial charge < -0.3 is 27.9 Å². The maximum atomic E-state index is 12.7. The zero-order chi connectivity index (χ0) is 45.7. The van der Waals surface area contributed by atoms with E-state index in [0.717, 1.165) is 38.5 Å². The molecule has 1 unspecified atom stereocenters. The number of phosphoric acid groups is 1. The number of ether oxygens (including phenoxy) is 2. The quantitative estimate of drug-likeness (QED) is 0.0195. The second kappa shape index (κ2) is 44.4. The third-order valence-corrected chi connectivity index (χ3v) is 12.1. The molecular formula is C52H98NO8P. The molecule has 0 fully saturated rings. The van der Waals surface area contributed by atoms with Gasteiger partial charge in [0.05, 0.1) is 27.7 Å². The molecule has 0 aromatic carbocycles. The summed E-state index contributed by atoms with van der Waals surface area (Å²) in [4.78, 5) is 37.6. The predicted octanol–water partition coefficient (Wildman–Crippen LogP) is 14.6. The molecule has 0 radical (unpaired) electrons. The van der Waals surface area contributed by atoms with Gasteiger partial charge in [-0.2, -0.15) is 0 Å². The second-order valence-electron chi connectivity index (χ2n) is 18.5. The normalized spacial score (nSPS) is 13.7. The largest absolute Gasteiger partial charge is 0.756 e. The summed E-state index contributed by atoms with van der Waals surface area (Å²) in [5.41, 5.74) is 0. The maximum Gasteiger partial charge on any atom is 0.306 e. The summed E-state index contributed by atoms with van der Waals surface area (Å²) in [7, 11) is 1.14. The summed E-state index contributed by atoms with van der Waals surface area (Å²) < 4.78 is 33.9. The molecule has 2 atom stereocenters. The van der Waals surface area contributed by atoms with Gasteiger partial charge in [0.2, 0.25) is 0 Å². The fourth-order valence-corrected chi connectivity index (χ4v) is 7.83. The topological polar surface area (TPSA) is 111 Å². The highest BCUT2D eigenvalue weighted by molar-refractivity contribution is 7.45. The molecule has 0 rings (SSSR count). The second-order valence-corrected chi connectivity index (χ2v) is 19.9. The van der Waals surface area contributed by atoms with Crippen molar-refractivity contribution < 1.29 is 42.1 Å². The lowest BCUT2D eigenvalue weighted by Gasteiger charge is -2.28. The molecule has 62 heavy (non-hydrogen) atoms. The van der Waals surface area contributed by atoms with Crippen LogP contribution in [0.25, 0.3) is 0 Å². The van der Waals surface area contributed by atoms with Gasteiger partial charge in [0.25, 0.3) is 7.82 Å². The molecule has 10 heteroatoms. The SMILES string of the molecule is CCCCCCCC/C=C/C/C=C/CCCCC(=O)OC[C@H](COP(=O)([O-])OCC[N+](C)(C)C)OC(=O)CCC/C=C/CCCCCCCCCCCCCCCCCCCC. The van der Waals surface area contributed by atoms with E-state index in [1.54, 1.807) is 0 Å². The molecule has 0 aliphatic heterocycles. The van der Waals surface area contributed by atoms with E-state index in [9.17, 15) is 19.0 Å². The van der Waals surface area contributed by atoms with Crippen LogP contribution in [0.15, 0.2) is 36.5 Å². The first-order valence-corrected chi connectivity index (χ1v) is 27.2. The van der Waals surface area contributed by atoms with Crippen LogP contribution in [0.2, 0.25) is 0 Å². The van der Waals surface area contributed by atoms with Crippen molar-refractivity contribution in [2.75, 3.05) is 47.5 Å². The molecule has 364 valence electrons. The number of hydrogen-bond acceptors (Lipinski definition) is 8. The minimum atomic E-state index is -4.64. The van der Waals surface area contributed by atoms with Crippen molar-refractivity contribution in [3.63, 3.8) is 0 Å². The summed E-state index contributed by atoms with van der Waals surface area (Å²) in [6.45, 7) is 4.18. The van der Waals surface area contributed by atoms with E-state index < -0.39 is 32.5 Å². The number of quaternary nitrogens is 1. The van der Waals surface area contributed by atoms with Crippen molar-refractivity contribution in [1.82, 2.24) is 0 Å². The Labute approximate surface area is 382 Å². The van der Waals surface area contributed by atoms with Gasteiger partial charge >= 0.3 is 11.9 Å². The van der Waals surface area contributed by atoms with Gasteiger partial charge in [-0.05, 0) is 64.2 Å². The number of phosphoric ester groups is 1. The summed E-state index contributed by atoms with van der Waals surface area (Å²) in [5, 5.41) is 0. The first-order chi connectivity index (χ1) is 30.0. The number of carbonyl (C=O) groups is 2. The van der Waals surface area contributed by atoms with Gasteiger partial charge in [0, 0.05) is 12.8 Å². The standard InChI is InChI=1S/C52H98NO8P/c1-6-8-10-12-14-16-18-20-22-23-24-25-26-27-28-29-31-33-35-37-39-41-43-45-52(55)61-50(49-60-62(56,57)59-47-46-53(3,4)5)48-58-51(54)44-42-40-38-36-34-32-30-21-19-17-15-13-11-9-7-2/h21,30,34,36-37,39,50H,6-20,22-29,31-33,35,38,40-49H2,1-5H3/b30-21+,36-34+,39-37+/t50-/m1/s1. The maximum absolute atomic E-state index is 12.7. The molecule has 0 aromatic rings. The molecule has 0 spiro atoms. The summed E-state index contributed by atoms with van der Waals surface area (Å²) in [6.07, 6.45) is 52.0. The number of esters is 2. The number of unbranched alkanes of at least 4 members (excludes halogenated alkanes) is 27. The average molecular weight is 896 g/mol. The van der Waals surface area contributed by atoms with Crippen LogP contribution in [-0.4, -0.2) is 70.0 Å². The molecule has 0 amide bonds. The van der Waals surface area contributed by atoms with Gasteiger partial charge in [-0.25, -0.2) is 0 Å². The number of carbonyl (C=O) groups excluding carboxylic acids is 2. The Morgan fingerprint density at radius 3 is 1.34 bits per heavy atom. The zero-order valence-corrected chi connectivity index (χ0v) is 42.0. The first-order valence-electron chi connectivity index (χ1n) is 25.7. The van der Waals surface area contributed by atoms with Crippen LogP contribution in [0, 0.1) is 0 Å². The van der Waals surface area contributed by atoms with E-state index >= 15 is 0 Å². The number of allylic oxidation sites excluding steroid dienone is 6. The van der Waals surface area contributed by atoms with Gasteiger partial charge in [0.1, 0.15) is 19.8 Å². The van der Waals surface area contributed by atoms with E-state index in [2.05, 4.69) is 50.3 Å². The van der Waals surface area contributed by atoms with Gasteiger partial charge in [-0.15, -0.1) is 0 Å². The molecule has 0 N–H and O–H groups in total. The highest BCUT2D eigenvalue weighted by Gasteiger charge is 2.21. The lowest BCUT2D eigenvalue weighted by Crippen LogP contribution is -2.37. The third kappa shape index (κ3) is 47.7. The minimum Gasteiger partial charge on any atom is -0.756 e. The fraction of sp³-hybridized carbons (Fsp3) is 0.846. The van der Waals surface area contributed by atoms with Crippen LogP contribution in [0.1, 0.15) is 232 Å². The van der Waals surface area contributed by atoms with Crippen LogP contribution in [0.4, 0.5) is 0 Å². The smallest absolute Gasteiger partial charge is 0.306 e. The summed E-state index contributed by atoms with van der Waals surface area (Å²) in [6, 6.07) is 0. The molecule has 0 saturated heterocycles. The Bertz CT molecular complexity index is 1150. The zero-order valence-electron chi connectivity index (χ0n) is 41.1. The van der Waals surface area contributed by atoms with E-state index in [1.807, 2.05) is 21.1 Å². The lowest BCUT2D eigenvalue weighted by molar-refractivity contribution is -0.870. The molecule has 0 saturated carbocycles. The number of hydrogen-bond donors (Lipinski definition) is 0. The summed E-state index contributed by atoms with van der Waals surface area (Å²) >= 11 is 0. The van der Waals surface area contributed by atoms with Crippen molar-refractivity contribution in [3.05, 3.63) is 36.5 Å². The molecule has 0 aromatic heterocycles. The number of likely N-dealkylation sites (N-methyl/N-ethyl adjacent to an activating group) is 1. The monoisotopic (exact) mass is 896 g/mol. The first kappa shape index (κ1) is 60.2. The lowest BCUT2D eigenvalue weighted by atomic mass is 10.0. The van der Waals surface area contributed by atoms with Gasteiger partial charge in [-0.1, -0.05) is 192 Å². The van der Waals surface area contributed by atoms with Crippen LogP contribution in [0.5, 0.6) is 0 Å². The number of rotatable bonds is 47. The molecule has 0 bridgehead atoms. The van der Waals surface area contributed by atoms with Gasteiger partial charge in [-0.3, -0.25) is 14.2 Å².